The first kappa shape index (κ1) is 16.6. The second-order valence-corrected chi connectivity index (χ2v) is 6.69. The number of hydrogen-bond donors (Lipinski definition) is 3. The number of rotatable bonds is 6. The Labute approximate surface area is 142 Å². The van der Waals surface area contributed by atoms with Crippen LogP contribution in [0.5, 0.6) is 0 Å². The normalized spacial score (nSPS) is 17.4. The summed E-state index contributed by atoms with van der Waals surface area (Å²) in [7, 11) is 0. The van der Waals surface area contributed by atoms with Crippen LogP contribution in [0.25, 0.3) is 11.4 Å². The number of nitrogens with zero attached hydrogens (tertiary/aromatic N) is 2. The molecule has 0 bridgehead atoms. The smallest absolute Gasteiger partial charge is 0.224 e. The number of benzene rings is 1. The first-order valence-electron chi connectivity index (χ1n) is 8.65. The summed E-state index contributed by atoms with van der Waals surface area (Å²) >= 11 is 0. The number of amides is 1. The maximum atomic E-state index is 12.3. The Hall–Kier alpha value is -2.21. The number of H-pyrrole nitrogens is 1. The van der Waals surface area contributed by atoms with Gasteiger partial charge in [-0.3, -0.25) is 9.89 Å². The molecule has 2 aromatic rings. The molecule has 1 saturated heterocycles. The predicted molar refractivity (Wildman–Crippen MR) is 94.7 cm³/mol. The van der Waals surface area contributed by atoms with Crippen LogP contribution in [-0.2, 0) is 4.79 Å². The summed E-state index contributed by atoms with van der Waals surface area (Å²) in [4.78, 5) is 16.8. The maximum absolute atomic E-state index is 12.3. The minimum atomic E-state index is 0.0500. The molecule has 0 aliphatic carbocycles. The minimum Gasteiger partial charge on any atom is -0.325 e. The molecule has 1 amide bonds. The van der Waals surface area contributed by atoms with Crippen molar-refractivity contribution < 1.29 is 4.79 Å². The third-order valence-corrected chi connectivity index (χ3v) is 4.43. The van der Waals surface area contributed by atoms with Gasteiger partial charge in [-0.1, -0.05) is 26.0 Å². The largest absolute Gasteiger partial charge is 0.325 e. The van der Waals surface area contributed by atoms with Gasteiger partial charge >= 0.3 is 0 Å². The molecule has 1 aliphatic heterocycles. The lowest BCUT2D eigenvalue weighted by Crippen LogP contribution is -2.15. The van der Waals surface area contributed by atoms with Crippen molar-refractivity contribution in [1.82, 2.24) is 20.5 Å². The van der Waals surface area contributed by atoms with Crippen LogP contribution in [0, 0.1) is 5.92 Å². The molecule has 1 fully saturated rings. The fourth-order valence-electron chi connectivity index (χ4n) is 2.95. The van der Waals surface area contributed by atoms with Gasteiger partial charge < -0.3 is 10.6 Å². The molecule has 1 atom stereocenters. The molecule has 2 heterocycles. The molecule has 1 aromatic carbocycles. The monoisotopic (exact) mass is 327 g/mol. The molecule has 0 saturated carbocycles. The fourth-order valence-corrected chi connectivity index (χ4v) is 2.95. The zero-order chi connectivity index (χ0) is 16.9. The van der Waals surface area contributed by atoms with Crippen molar-refractivity contribution in [2.75, 3.05) is 18.4 Å². The Balaban J connectivity index is 1.67. The Kier molecular flexibility index (Phi) is 5.25. The third kappa shape index (κ3) is 4.00. The molecule has 128 valence electrons. The molecule has 24 heavy (non-hydrogen) atoms. The number of anilines is 1. The van der Waals surface area contributed by atoms with Crippen molar-refractivity contribution in [3.05, 3.63) is 30.1 Å². The van der Waals surface area contributed by atoms with E-state index in [1.165, 1.54) is 6.42 Å². The maximum Gasteiger partial charge on any atom is 0.224 e. The van der Waals surface area contributed by atoms with E-state index < -0.39 is 0 Å². The highest BCUT2D eigenvalue weighted by Crippen LogP contribution is 2.26. The molecular weight excluding hydrogens is 302 g/mol. The van der Waals surface area contributed by atoms with Crippen molar-refractivity contribution >= 4 is 11.6 Å². The first-order valence-corrected chi connectivity index (χ1v) is 8.65. The van der Waals surface area contributed by atoms with E-state index in [4.69, 9.17) is 0 Å². The highest BCUT2D eigenvalue weighted by atomic mass is 16.1. The summed E-state index contributed by atoms with van der Waals surface area (Å²) in [6.07, 6.45) is 2.64. The van der Waals surface area contributed by atoms with Crippen LogP contribution in [-0.4, -0.2) is 34.2 Å². The SMILES string of the molecule is CC(C)c1nc(-c2ccccc2NC(=O)CCC2CCNC2)n[nH]1. The van der Waals surface area contributed by atoms with Crippen molar-refractivity contribution in [2.24, 2.45) is 5.92 Å². The van der Waals surface area contributed by atoms with Crippen molar-refractivity contribution in [1.29, 1.82) is 0 Å². The van der Waals surface area contributed by atoms with Gasteiger partial charge in [-0.25, -0.2) is 4.98 Å². The second-order valence-electron chi connectivity index (χ2n) is 6.69. The Morgan fingerprint density at radius 2 is 2.21 bits per heavy atom. The summed E-state index contributed by atoms with van der Waals surface area (Å²) in [5, 5.41) is 13.6. The topological polar surface area (TPSA) is 82.7 Å². The van der Waals surface area contributed by atoms with Crippen LogP contribution in [0.1, 0.15) is 44.9 Å². The van der Waals surface area contributed by atoms with E-state index >= 15 is 0 Å². The lowest BCUT2D eigenvalue weighted by atomic mass is 10.0. The average Bonchev–Trinajstić information content (AvgIpc) is 3.25. The lowest BCUT2D eigenvalue weighted by Gasteiger charge is -2.11. The van der Waals surface area contributed by atoms with E-state index in [0.717, 1.165) is 36.6 Å². The number of carbonyl (C=O) groups excluding carboxylic acids is 1. The second kappa shape index (κ2) is 7.57. The summed E-state index contributed by atoms with van der Waals surface area (Å²) in [6.45, 7) is 6.23. The Morgan fingerprint density at radius 3 is 2.92 bits per heavy atom. The van der Waals surface area contributed by atoms with Crippen LogP contribution in [0.2, 0.25) is 0 Å². The number of para-hydroxylation sites is 1. The lowest BCUT2D eigenvalue weighted by molar-refractivity contribution is -0.116. The molecule has 1 unspecified atom stereocenters. The predicted octanol–water partition coefficient (Wildman–Crippen LogP) is 2.92. The quantitative estimate of drug-likeness (QED) is 0.762. The van der Waals surface area contributed by atoms with Crippen LogP contribution in [0.15, 0.2) is 24.3 Å². The molecule has 0 spiro atoms. The van der Waals surface area contributed by atoms with E-state index in [1.807, 2.05) is 24.3 Å². The number of aromatic nitrogens is 3. The molecule has 3 rings (SSSR count). The number of aromatic amines is 1. The minimum absolute atomic E-state index is 0.0500. The number of nitrogens with one attached hydrogen (secondary N) is 3. The van der Waals surface area contributed by atoms with Gasteiger partial charge in [0.15, 0.2) is 5.82 Å². The molecule has 6 nitrogen and oxygen atoms in total. The Morgan fingerprint density at radius 1 is 1.38 bits per heavy atom. The van der Waals surface area contributed by atoms with Crippen LogP contribution >= 0.6 is 0 Å². The van der Waals surface area contributed by atoms with Gasteiger partial charge in [0.1, 0.15) is 5.82 Å². The van der Waals surface area contributed by atoms with Gasteiger partial charge in [0, 0.05) is 17.9 Å². The molecule has 6 heteroatoms. The van der Waals surface area contributed by atoms with E-state index in [-0.39, 0.29) is 11.8 Å². The first-order chi connectivity index (χ1) is 11.6. The standard InChI is InChI=1S/C18H25N5O/c1-12(2)17-21-18(23-22-17)14-5-3-4-6-15(14)20-16(24)8-7-13-9-10-19-11-13/h3-6,12-13,19H,7-11H2,1-2H3,(H,20,24)(H,21,22,23). The van der Waals surface area contributed by atoms with Gasteiger partial charge in [0.25, 0.3) is 0 Å². The summed E-state index contributed by atoms with van der Waals surface area (Å²) in [6, 6.07) is 7.68. The van der Waals surface area contributed by atoms with Crippen molar-refractivity contribution in [2.45, 2.75) is 39.0 Å². The number of hydrogen-bond acceptors (Lipinski definition) is 4. The van der Waals surface area contributed by atoms with Gasteiger partial charge in [0.05, 0.1) is 5.69 Å². The van der Waals surface area contributed by atoms with E-state index in [9.17, 15) is 4.79 Å². The highest BCUT2D eigenvalue weighted by Gasteiger charge is 2.17. The summed E-state index contributed by atoms with van der Waals surface area (Å²) in [5.74, 6) is 2.42. The highest BCUT2D eigenvalue weighted by molar-refractivity contribution is 5.94. The molecule has 1 aliphatic rings. The molecule has 1 aromatic heterocycles. The van der Waals surface area contributed by atoms with Crippen LogP contribution in [0.4, 0.5) is 5.69 Å². The van der Waals surface area contributed by atoms with Gasteiger partial charge in [-0.2, -0.15) is 5.10 Å². The van der Waals surface area contributed by atoms with Crippen molar-refractivity contribution in [3.8, 4) is 11.4 Å². The van der Waals surface area contributed by atoms with E-state index in [2.05, 4.69) is 39.7 Å². The van der Waals surface area contributed by atoms with Crippen LogP contribution < -0.4 is 10.6 Å². The molecular formula is C18H25N5O. The molecule has 0 radical (unpaired) electrons. The third-order valence-electron chi connectivity index (χ3n) is 4.43. The Bertz CT molecular complexity index is 688. The zero-order valence-electron chi connectivity index (χ0n) is 14.3. The van der Waals surface area contributed by atoms with Crippen LogP contribution in [0.3, 0.4) is 0 Å². The zero-order valence-corrected chi connectivity index (χ0v) is 14.3. The molecule has 3 N–H and O–H groups in total. The van der Waals surface area contributed by atoms with E-state index in [0.29, 0.717) is 18.2 Å². The van der Waals surface area contributed by atoms with Gasteiger partial charge in [-0.15, -0.1) is 0 Å². The summed E-state index contributed by atoms with van der Waals surface area (Å²) < 4.78 is 0. The van der Waals surface area contributed by atoms with Gasteiger partial charge in [-0.05, 0) is 44.0 Å². The number of carbonyl (C=O) groups is 1. The van der Waals surface area contributed by atoms with Crippen molar-refractivity contribution in [3.63, 3.8) is 0 Å². The fraction of sp³-hybridized carbons (Fsp3) is 0.500. The summed E-state index contributed by atoms with van der Waals surface area (Å²) in [5.41, 5.74) is 1.61. The average molecular weight is 327 g/mol. The van der Waals surface area contributed by atoms with Gasteiger partial charge in [0.2, 0.25) is 5.91 Å². The van der Waals surface area contributed by atoms with E-state index in [1.54, 1.807) is 0 Å².